The maximum atomic E-state index is 11.7. The zero-order valence-electron chi connectivity index (χ0n) is 9.78. The van der Waals surface area contributed by atoms with Gasteiger partial charge in [-0.25, -0.2) is 0 Å². The first-order chi connectivity index (χ1) is 8.09. The van der Waals surface area contributed by atoms with Crippen LogP contribution in [0.3, 0.4) is 0 Å². The van der Waals surface area contributed by atoms with E-state index in [0.717, 1.165) is 31.4 Å². The van der Waals surface area contributed by atoms with Gasteiger partial charge in [-0.3, -0.25) is 4.79 Å². The molecule has 2 aliphatic carbocycles. The van der Waals surface area contributed by atoms with Crippen LogP contribution in [-0.4, -0.2) is 5.91 Å². The van der Waals surface area contributed by atoms with Gasteiger partial charge in [-0.15, -0.1) is 0 Å². The van der Waals surface area contributed by atoms with Crippen LogP contribution in [0.15, 0.2) is 18.2 Å². The van der Waals surface area contributed by atoms with Gasteiger partial charge in [0.2, 0.25) is 5.91 Å². The molecule has 0 saturated heterocycles. The molecule has 1 amide bonds. The predicted octanol–water partition coefficient (Wildman–Crippen LogP) is 1.45. The lowest BCUT2D eigenvalue weighted by Crippen LogP contribution is -2.37. The number of benzene rings is 1. The Labute approximate surface area is 101 Å². The average Bonchev–Trinajstić information content (AvgIpc) is 2.57. The minimum atomic E-state index is -0.427. The molecule has 1 radical (unpaired) electrons. The van der Waals surface area contributed by atoms with Crippen molar-refractivity contribution >= 4 is 11.6 Å². The lowest BCUT2D eigenvalue weighted by molar-refractivity contribution is -0.125. The summed E-state index contributed by atoms with van der Waals surface area (Å²) in [5, 5.41) is 0. The van der Waals surface area contributed by atoms with E-state index < -0.39 is 5.41 Å². The second-order valence-corrected chi connectivity index (χ2v) is 5.39. The summed E-state index contributed by atoms with van der Waals surface area (Å²) in [6.07, 6.45) is 5.89. The number of amides is 1. The number of fused-ring (bicyclic) bond motifs is 3. The van der Waals surface area contributed by atoms with Crippen molar-refractivity contribution in [3.63, 3.8) is 0 Å². The molecule has 17 heavy (non-hydrogen) atoms. The number of primary amides is 1. The zero-order valence-corrected chi connectivity index (χ0v) is 9.78. The van der Waals surface area contributed by atoms with Crippen LogP contribution in [0.2, 0.25) is 0 Å². The number of anilines is 1. The summed E-state index contributed by atoms with van der Waals surface area (Å²) >= 11 is 0. The fourth-order valence-corrected chi connectivity index (χ4v) is 3.29. The lowest BCUT2D eigenvalue weighted by atomic mass is 9.79. The Morgan fingerprint density at radius 2 is 2.18 bits per heavy atom. The average molecular weight is 229 g/mol. The number of carbonyl (C=O) groups is 1. The van der Waals surface area contributed by atoms with Crippen molar-refractivity contribution in [1.29, 1.82) is 0 Å². The zero-order chi connectivity index (χ0) is 12.0. The highest BCUT2D eigenvalue weighted by Gasteiger charge is 2.46. The molecule has 1 saturated carbocycles. The standard InChI is InChI=1S/C14H17N2O/c15-12-2-1-10-5-9-3-4-14(7-9,13(16)17)8-11(10)6-12/h1-2,6-7,9H,3-5,8,15H2,(H2,16,17). The van der Waals surface area contributed by atoms with Crippen molar-refractivity contribution in [2.75, 3.05) is 5.73 Å². The smallest absolute Gasteiger partial charge is 0.224 e. The highest BCUT2D eigenvalue weighted by Crippen LogP contribution is 2.47. The first-order valence-corrected chi connectivity index (χ1v) is 6.12. The normalized spacial score (nSPS) is 30.7. The molecular formula is C14H17N2O. The molecule has 0 spiro atoms. The molecule has 89 valence electrons. The van der Waals surface area contributed by atoms with E-state index in [1.807, 2.05) is 12.1 Å². The van der Waals surface area contributed by atoms with Crippen LogP contribution in [0.1, 0.15) is 24.0 Å². The molecule has 3 rings (SSSR count). The number of nitrogens with two attached hydrogens (primary N) is 2. The third-order valence-electron chi connectivity index (χ3n) is 4.23. The van der Waals surface area contributed by atoms with Crippen molar-refractivity contribution < 1.29 is 4.79 Å². The first kappa shape index (κ1) is 10.6. The van der Waals surface area contributed by atoms with Gasteiger partial charge in [0.25, 0.3) is 0 Å². The van der Waals surface area contributed by atoms with Crippen LogP contribution in [0.4, 0.5) is 5.69 Å². The fourth-order valence-electron chi connectivity index (χ4n) is 3.29. The number of hydrogen-bond donors (Lipinski definition) is 2. The summed E-state index contributed by atoms with van der Waals surface area (Å²) in [6.45, 7) is 0. The van der Waals surface area contributed by atoms with E-state index >= 15 is 0 Å². The number of carbonyl (C=O) groups excluding carboxylic acids is 1. The summed E-state index contributed by atoms with van der Waals surface area (Å²) < 4.78 is 0. The van der Waals surface area contributed by atoms with Gasteiger partial charge >= 0.3 is 0 Å². The Morgan fingerprint density at radius 3 is 2.94 bits per heavy atom. The van der Waals surface area contributed by atoms with E-state index in [1.165, 1.54) is 11.1 Å². The van der Waals surface area contributed by atoms with Gasteiger partial charge < -0.3 is 11.5 Å². The first-order valence-electron chi connectivity index (χ1n) is 6.12. The quantitative estimate of drug-likeness (QED) is 0.716. The Morgan fingerprint density at radius 1 is 1.35 bits per heavy atom. The van der Waals surface area contributed by atoms with Crippen molar-refractivity contribution in [1.82, 2.24) is 0 Å². The van der Waals surface area contributed by atoms with Crippen LogP contribution >= 0.6 is 0 Å². The Kier molecular flexibility index (Phi) is 2.18. The molecule has 1 fully saturated rings. The topological polar surface area (TPSA) is 69.1 Å². The van der Waals surface area contributed by atoms with Crippen molar-refractivity contribution in [2.24, 2.45) is 17.1 Å². The molecule has 3 heteroatoms. The van der Waals surface area contributed by atoms with Gasteiger partial charge in [-0.2, -0.15) is 0 Å². The molecule has 2 aliphatic rings. The van der Waals surface area contributed by atoms with Crippen LogP contribution in [0.5, 0.6) is 0 Å². The molecule has 1 aromatic rings. The second-order valence-electron chi connectivity index (χ2n) is 5.39. The summed E-state index contributed by atoms with van der Waals surface area (Å²) in [5.74, 6) is 0.308. The maximum Gasteiger partial charge on any atom is 0.224 e. The van der Waals surface area contributed by atoms with Crippen LogP contribution in [-0.2, 0) is 17.6 Å². The van der Waals surface area contributed by atoms with Crippen molar-refractivity contribution in [3.05, 3.63) is 35.7 Å². The monoisotopic (exact) mass is 229 g/mol. The van der Waals surface area contributed by atoms with Gasteiger partial charge in [0.15, 0.2) is 0 Å². The van der Waals surface area contributed by atoms with E-state index in [1.54, 1.807) is 0 Å². The maximum absolute atomic E-state index is 11.7. The number of rotatable bonds is 1. The third kappa shape index (κ3) is 1.61. The fraction of sp³-hybridized carbons (Fsp3) is 0.429. The lowest BCUT2D eigenvalue weighted by Gasteiger charge is -2.24. The SMILES string of the molecule is NC(=O)C12[CH]C(CC1)Cc1ccc(N)cc1C2. The van der Waals surface area contributed by atoms with Gasteiger partial charge in [0.05, 0.1) is 5.41 Å². The molecule has 2 unspecified atom stereocenters. The van der Waals surface area contributed by atoms with E-state index in [4.69, 9.17) is 11.5 Å². The van der Waals surface area contributed by atoms with E-state index in [2.05, 4.69) is 12.5 Å². The summed E-state index contributed by atoms with van der Waals surface area (Å²) in [5.41, 5.74) is 14.3. The number of hydrogen-bond acceptors (Lipinski definition) is 2. The van der Waals surface area contributed by atoms with E-state index in [9.17, 15) is 4.79 Å². The molecule has 3 nitrogen and oxygen atoms in total. The Hall–Kier alpha value is -1.51. The second kappa shape index (κ2) is 3.49. The molecule has 2 bridgehead atoms. The summed E-state index contributed by atoms with van der Waals surface area (Å²) in [4.78, 5) is 11.7. The van der Waals surface area contributed by atoms with Crippen LogP contribution < -0.4 is 11.5 Å². The summed E-state index contributed by atoms with van der Waals surface area (Å²) in [7, 11) is 0. The third-order valence-corrected chi connectivity index (χ3v) is 4.23. The van der Waals surface area contributed by atoms with E-state index in [0.29, 0.717) is 5.92 Å². The molecule has 4 N–H and O–H groups in total. The highest BCUT2D eigenvalue weighted by atomic mass is 16.1. The Bertz CT molecular complexity index is 483. The predicted molar refractivity (Wildman–Crippen MR) is 66.9 cm³/mol. The largest absolute Gasteiger partial charge is 0.399 e. The molecule has 1 aromatic carbocycles. The molecule has 0 aliphatic heterocycles. The Balaban J connectivity index is 2.07. The van der Waals surface area contributed by atoms with Crippen LogP contribution in [0, 0.1) is 17.8 Å². The number of nitrogen functional groups attached to an aromatic ring is 1. The highest BCUT2D eigenvalue weighted by molar-refractivity contribution is 5.83. The van der Waals surface area contributed by atoms with Gasteiger partial charge in [0, 0.05) is 5.69 Å². The van der Waals surface area contributed by atoms with Gasteiger partial charge in [-0.1, -0.05) is 6.07 Å². The van der Waals surface area contributed by atoms with E-state index in [-0.39, 0.29) is 5.91 Å². The van der Waals surface area contributed by atoms with Crippen molar-refractivity contribution in [2.45, 2.75) is 25.7 Å². The van der Waals surface area contributed by atoms with Crippen molar-refractivity contribution in [3.8, 4) is 0 Å². The minimum Gasteiger partial charge on any atom is -0.399 e. The van der Waals surface area contributed by atoms with Crippen LogP contribution in [0.25, 0.3) is 0 Å². The molecule has 0 aromatic heterocycles. The molecule has 0 heterocycles. The molecular weight excluding hydrogens is 212 g/mol. The van der Waals surface area contributed by atoms with Gasteiger partial charge in [0.1, 0.15) is 0 Å². The van der Waals surface area contributed by atoms with Gasteiger partial charge in [-0.05, 0) is 61.3 Å². The minimum absolute atomic E-state index is 0.185. The summed E-state index contributed by atoms with van der Waals surface area (Å²) in [6, 6.07) is 6.03. The molecule has 2 atom stereocenters.